The Morgan fingerprint density at radius 2 is 1.88 bits per heavy atom. The molecule has 0 aromatic carbocycles. The fourth-order valence-corrected chi connectivity index (χ4v) is 3.40. The van der Waals surface area contributed by atoms with Gasteiger partial charge in [-0.05, 0) is 46.5 Å². The van der Waals surface area contributed by atoms with Crippen LogP contribution in [0.1, 0.15) is 40.5 Å². The zero-order valence-electron chi connectivity index (χ0n) is 10.8. The Hall–Kier alpha value is -0.120. The number of rotatable bonds is 1. The summed E-state index contributed by atoms with van der Waals surface area (Å²) in [5.74, 6) is 0.614. The van der Waals surface area contributed by atoms with Gasteiger partial charge in [-0.15, -0.1) is 0 Å². The van der Waals surface area contributed by atoms with Crippen LogP contribution in [0.4, 0.5) is 0 Å². The van der Waals surface area contributed by atoms with Crippen molar-refractivity contribution in [3.8, 4) is 0 Å². The average Bonchev–Trinajstić information content (AvgIpc) is 2.35. The maximum Gasteiger partial charge on any atom is 0.0667 e. The van der Waals surface area contributed by atoms with Crippen molar-refractivity contribution in [2.24, 2.45) is 11.8 Å². The number of hydrogen-bond acceptors (Lipinski definition) is 3. The van der Waals surface area contributed by atoms with Crippen molar-refractivity contribution in [2.75, 3.05) is 13.2 Å². The summed E-state index contributed by atoms with van der Waals surface area (Å²) in [7, 11) is 0. The van der Waals surface area contributed by atoms with Crippen LogP contribution >= 0.6 is 0 Å². The minimum Gasteiger partial charge on any atom is -0.393 e. The molecule has 2 fully saturated rings. The maximum absolute atomic E-state index is 10.1. The summed E-state index contributed by atoms with van der Waals surface area (Å²) in [6, 6.07) is 0. The second-order valence-corrected chi connectivity index (χ2v) is 6.37. The molecule has 0 spiro atoms. The van der Waals surface area contributed by atoms with Crippen LogP contribution in [0.3, 0.4) is 0 Å². The van der Waals surface area contributed by atoms with Crippen molar-refractivity contribution in [1.82, 2.24) is 0 Å². The molecule has 3 nitrogen and oxygen atoms in total. The van der Waals surface area contributed by atoms with Crippen molar-refractivity contribution in [3.05, 3.63) is 0 Å². The van der Waals surface area contributed by atoms with Gasteiger partial charge < -0.3 is 14.6 Å². The molecule has 2 rings (SSSR count). The highest BCUT2D eigenvalue weighted by Gasteiger charge is 2.50. The lowest BCUT2D eigenvalue weighted by Crippen LogP contribution is -2.43. The van der Waals surface area contributed by atoms with E-state index in [2.05, 4.69) is 27.7 Å². The maximum atomic E-state index is 10.1. The minimum atomic E-state index is -0.226. The molecule has 2 aliphatic rings. The van der Waals surface area contributed by atoms with Crippen LogP contribution in [0.15, 0.2) is 0 Å². The summed E-state index contributed by atoms with van der Waals surface area (Å²) in [5, 5.41) is 10.1. The third-order valence-electron chi connectivity index (χ3n) is 4.02. The standard InChI is InChI=1S/C13H24O3/c1-12(2)7-10(13(3,4)16-12)9-8-15-6-5-11(9)14/h9-11,14H,5-8H2,1-4H3. The summed E-state index contributed by atoms with van der Waals surface area (Å²) < 4.78 is 11.6. The molecule has 0 bridgehead atoms. The van der Waals surface area contributed by atoms with E-state index in [1.54, 1.807) is 0 Å². The molecule has 3 atom stereocenters. The largest absolute Gasteiger partial charge is 0.393 e. The number of aliphatic hydroxyl groups excluding tert-OH is 1. The molecule has 2 aliphatic heterocycles. The highest BCUT2D eigenvalue weighted by molar-refractivity contribution is 4.99. The quantitative estimate of drug-likeness (QED) is 0.746. The van der Waals surface area contributed by atoms with Crippen molar-refractivity contribution in [1.29, 1.82) is 0 Å². The molecule has 0 aromatic heterocycles. The lowest BCUT2D eigenvalue weighted by Gasteiger charge is -2.37. The first-order valence-corrected chi connectivity index (χ1v) is 6.28. The molecule has 3 unspecified atom stereocenters. The van der Waals surface area contributed by atoms with E-state index in [0.29, 0.717) is 19.1 Å². The highest BCUT2D eigenvalue weighted by Crippen LogP contribution is 2.47. The van der Waals surface area contributed by atoms with E-state index in [0.717, 1.165) is 12.8 Å². The van der Waals surface area contributed by atoms with Crippen molar-refractivity contribution in [3.63, 3.8) is 0 Å². The van der Waals surface area contributed by atoms with Gasteiger partial charge in [-0.25, -0.2) is 0 Å². The fourth-order valence-electron chi connectivity index (χ4n) is 3.40. The smallest absolute Gasteiger partial charge is 0.0667 e. The Labute approximate surface area is 98.1 Å². The van der Waals surface area contributed by atoms with E-state index in [9.17, 15) is 5.11 Å². The second kappa shape index (κ2) is 3.97. The number of hydrogen-bond donors (Lipinski definition) is 1. The SMILES string of the molecule is CC1(C)CC(C2COCCC2O)C(C)(C)O1. The van der Waals surface area contributed by atoms with Crippen LogP contribution in [-0.2, 0) is 9.47 Å². The average molecular weight is 228 g/mol. The van der Waals surface area contributed by atoms with Gasteiger partial charge in [0.2, 0.25) is 0 Å². The summed E-state index contributed by atoms with van der Waals surface area (Å²) in [6.45, 7) is 9.89. The predicted octanol–water partition coefficient (Wildman–Crippen LogP) is 1.98. The molecular weight excluding hydrogens is 204 g/mol. The van der Waals surface area contributed by atoms with E-state index in [4.69, 9.17) is 9.47 Å². The van der Waals surface area contributed by atoms with E-state index >= 15 is 0 Å². The van der Waals surface area contributed by atoms with Crippen molar-refractivity contribution >= 4 is 0 Å². The third kappa shape index (κ3) is 2.27. The van der Waals surface area contributed by atoms with E-state index < -0.39 is 0 Å². The van der Waals surface area contributed by atoms with E-state index in [-0.39, 0.29) is 23.2 Å². The van der Waals surface area contributed by atoms with Crippen LogP contribution < -0.4 is 0 Å². The third-order valence-corrected chi connectivity index (χ3v) is 4.02. The Balaban J connectivity index is 2.13. The molecule has 0 aromatic rings. The molecule has 1 N–H and O–H groups in total. The highest BCUT2D eigenvalue weighted by atomic mass is 16.5. The Bertz CT molecular complexity index is 260. The van der Waals surface area contributed by atoms with Gasteiger partial charge in [-0.3, -0.25) is 0 Å². The van der Waals surface area contributed by atoms with Gasteiger partial charge in [0, 0.05) is 12.5 Å². The summed E-state index contributed by atoms with van der Waals surface area (Å²) in [4.78, 5) is 0. The topological polar surface area (TPSA) is 38.7 Å². The van der Waals surface area contributed by atoms with Crippen molar-refractivity contribution in [2.45, 2.75) is 57.8 Å². The van der Waals surface area contributed by atoms with Gasteiger partial charge in [0.15, 0.2) is 0 Å². The second-order valence-electron chi connectivity index (χ2n) is 6.37. The van der Waals surface area contributed by atoms with Crippen LogP contribution in [0.2, 0.25) is 0 Å². The molecule has 3 heteroatoms. The summed E-state index contributed by atoms with van der Waals surface area (Å²) in [6.07, 6.45) is 1.54. The predicted molar refractivity (Wildman–Crippen MR) is 62.3 cm³/mol. The molecule has 2 heterocycles. The molecular formula is C13H24O3. The van der Waals surface area contributed by atoms with Crippen LogP contribution in [-0.4, -0.2) is 35.6 Å². The van der Waals surface area contributed by atoms with Gasteiger partial charge in [0.1, 0.15) is 0 Å². The normalized spacial score (nSPS) is 42.2. The number of ether oxygens (including phenoxy) is 2. The molecule has 16 heavy (non-hydrogen) atoms. The Morgan fingerprint density at radius 3 is 2.38 bits per heavy atom. The minimum absolute atomic E-state index is 0.0780. The van der Waals surface area contributed by atoms with Gasteiger partial charge in [-0.1, -0.05) is 0 Å². The van der Waals surface area contributed by atoms with Gasteiger partial charge in [0.25, 0.3) is 0 Å². The first kappa shape index (κ1) is 12.3. The lowest BCUT2D eigenvalue weighted by molar-refractivity contribution is -0.110. The van der Waals surface area contributed by atoms with Crippen LogP contribution in [0, 0.1) is 11.8 Å². The van der Waals surface area contributed by atoms with E-state index in [1.807, 2.05) is 0 Å². The number of aliphatic hydroxyl groups is 1. The molecule has 0 amide bonds. The monoisotopic (exact) mass is 228 g/mol. The van der Waals surface area contributed by atoms with Crippen molar-refractivity contribution < 1.29 is 14.6 Å². The zero-order chi connectivity index (χ0) is 12.0. The summed E-state index contributed by atoms with van der Waals surface area (Å²) in [5.41, 5.74) is -0.235. The van der Waals surface area contributed by atoms with Crippen LogP contribution in [0.25, 0.3) is 0 Å². The molecule has 0 aliphatic carbocycles. The molecule has 94 valence electrons. The first-order chi connectivity index (χ1) is 7.32. The molecule has 0 radical (unpaired) electrons. The molecule has 2 saturated heterocycles. The Kier molecular flexibility index (Phi) is 3.06. The lowest BCUT2D eigenvalue weighted by atomic mass is 9.74. The Morgan fingerprint density at radius 1 is 1.19 bits per heavy atom. The fraction of sp³-hybridized carbons (Fsp3) is 1.00. The van der Waals surface area contributed by atoms with E-state index in [1.165, 1.54) is 0 Å². The van der Waals surface area contributed by atoms with Crippen LogP contribution in [0.5, 0.6) is 0 Å². The van der Waals surface area contributed by atoms with Gasteiger partial charge >= 0.3 is 0 Å². The van der Waals surface area contributed by atoms with Gasteiger partial charge in [-0.2, -0.15) is 0 Å². The zero-order valence-corrected chi connectivity index (χ0v) is 10.8. The van der Waals surface area contributed by atoms with Gasteiger partial charge in [0.05, 0.1) is 23.9 Å². The summed E-state index contributed by atoms with van der Waals surface area (Å²) >= 11 is 0. The first-order valence-electron chi connectivity index (χ1n) is 6.28. The molecule has 0 saturated carbocycles.